The summed E-state index contributed by atoms with van der Waals surface area (Å²) in [6, 6.07) is 21.5. The summed E-state index contributed by atoms with van der Waals surface area (Å²) in [4.78, 5) is 0. The quantitative estimate of drug-likeness (QED) is 0.413. The first-order chi connectivity index (χ1) is 12.6. The molecule has 0 saturated carbocycles. The summed E-state index contributed by atoms with van der Waals surface area (Å²) in [7, 11) is 0. The van der Waals surface area contributed by atoms with Crippen LogP contribution in [0.5, 0.6) is 0 Å². The van der Waals surface area contributed by atoms with E-state index in [2.05, 4.69) is 81.6 Å². The molecule has 0 unspecified atom stereocenters. The van der Waals surface area contributed by atoms with E-state index in [0.29, 0.717) is 0 Å². The molecule has 128 valence electrons. The molecule has 0 radical (unpaired) electrons. The first kappa shape index (κ1) is 16.6. The molecule has 0 atom stereocenters. The smallest absolute Gasteiger partial charge is 0.0109 e. The predicted molar refractivity (Wildman–Crippen MR) is 115 cm³/mol. The zero-order chi connectivity index (χ0) is 18.3. The highest BCUT2D eigenvalue weighted by Gasteiger charge is 2.16. The second kappa shape index (κ2) is 6.46. The van der Waals surface area contributed by atoms with Crippen molar-refractivity contribution in [3.8, 4) is 0 Å². The molecule has 26 heavy (non-hydrogen) atoms. The number of rotatable bonds is 0. The SMILES string of the molecule is C=c1cc(C)c2ccccc2c1=C.Cc1cc2c(c3ccccc13)CC2. The van der Waals surface area contributed by atoms with Crippen LogP contribution in [0.3, 0.4) is 0 Å². The van der Waals surface area contributed by atoms with Crippen molar-refractivity contribution in [3.05, 3.63) is 93.4 Å². The van der Waals surface area contributed by atoms with Crippen LogP contribution in [-0.2, 0) is 12.8 Å². The van der Waals surface area contributed by atoms with Gasteiger partial charge in [-0.25, -0.2) is 0 Å². The van der Waals surface area contributed by atoms with Gasteiger partial charge in [-0.15, -0.1) is 0 Å². The van der Waals surface area contributed by atoms with E-state index < -0.39 is 0 Å². The van der Waals surface area contributed by atoms with Gasteiger partial charge in [0.05, 0.1) is 0 Å². The van der Waals surface area contributed by atoms with E-state index in [0.717, 1.165) is 10.4 Å². The minimum absolute atomic E-state index is 1.02. The van der Waals surface area contributed by atoms with Crippen molar-refractivity contribution in [1.82, 2.24) is 0 Å². The molecule has 0 spiro atoms. The molecule has 0 aromatic heterocycles. The second-order valence-corrected chi connectivity index (χ2v) is 7.25. The van der Waals surface area contributed by atoms with Crippen molar-refractivity contribution in [3.63, 3.8) is 0 Å². The molecule has 0 bridgehead atoms. The molecule has 0 amide bonds. The Morgan fingerprint density at radius 1 is 0.654 bits per heavy atom. The summed E-state index contributed by atoms with van der Waals surface area (Å²) in [6.45, 7) is 12.3. The van der Waals surface area contributed by atoms with Gasteiger partial charge in [-0.2, -0.15) is 0 Å². The number of aryl methyl sites for hydroxylation is 4. The molecule has 0 saturated heterocycles. The molecule has 0 heteroatoms. The third-order valence-electron chi connectivity index (χ3n) is 5.56. The van der Waals surface area contributed by atoms with Gasteiger partial charge in [-0.1, -0.05) is 73.8 Å². The van der Waals surface area contributed by atoms with Crippen molar-refractivity contribution >= 4 is 34.7 Å². The average Bonchev–Trinajstić information content (AvgIpc) is 2.63. The maximum absolute atomic E-state index is 4.03. The normalized spacial score (nSPS) is 12.2. The molecule has 1 aliphatic rings. The minimum atomic E-state index is 1.02. The van der Waals surface area contributed by atoms with E-state index in [1.165, 1.54) is 45.5 Å². The summed E-state index contributed by atoms with van der Waals surface area (Å²) in [5.41, 5.74) is 5.85. The molecule has 0 nitrogen and oxygen atoms in total. The Labute approximate surface area is 155 Å². The van der Waals surface area contributed by atoms with Crippen molar-refractivity contribution < 1.29 is 0 Å². The van der Waals surface area contributed by atoms with Gasteiger partial charge in [0.25, 0.3) is 0 Å². The Hall–Kier alpha value is -2.86. The number of hydrogen-bond donors (Lipinski definition) is 0. The lowest BCUT2D eigenvalue weighted by Gasteiger charge is -2.22. The third-order valence-corrected chi connectivity index (χ3v) is 5.56. The summed E-state index contributed by atoms with van der Waals surface area (Å²) in [5.74, 6) is 0. The Balaban J connectivity index is 0.000000129. The molecular formula is C26H24. The van der Waals surface area contributed by atoms with E-state index in [1.807, 2.05) is 6.07 Å². The summed E-state index contributed by atoms with van der Waals surface area (Å²) < 4.78 is 0. The van der Waals surface area contributed by atoms with E-state index in [9.17, 15) is 0 Å². The molecule has 5 rings (SSSR count). The molecule has 1 aliphatic carbocycles. The van der Waals surface area contributed by atoms with E-state index in [-0.39, 0.29) is 0 Å². The van der Waals surface area contributed by atoms with E-state index >= 15 is 0 Å². The lowest BCUT2D eigenvalue weighted by atomic mass is 9.83. The highest BCUT2D eigenvalue weighted by Crippen LogP contribution is 2.32. The monoisotopic (exact) mass is 336 g/mol. The number of fused-ring (bicyclic) bond motifs is 4. The molecule has 4 aromatic carbocycles. The second-order valence-electron chi connectivity index (χ2n) is 7.25. The Morgan fingerprint density at radius 3 is 1.81 bits per heavy atom. The highest BCUT2D eigenvalue weighted by atomic mass is 14.2. The highest BCUT2D eigenvalue weighted by molar-refractivity contribution is 5.90. The molecule has 0 heterocycles. The first-order valence-electron chi connectivity index (χ1n) is 9.22. The van der Waals surface area contributed by atoms with Crippen molar-refractivity contribution in [2.24, 2.45) is 0 Å². The zero-order valence-electron chi connectivity index (χ0n) is 15.6. The van der Waals surface area contributed by atoms with Gasteiger partial charge in [0.15, 0.2) is 0 Å². The van der Waals surface area contributed by atoms with Gasteiger partial charge >= 0.3 is 0 Å². The van der Waals surface area contributed by atoms with Gasteiger partial charge in [0, 0.05) is 0 Å². The van der Waals surface area contributed by atoms with E-state index in [4.69, 9.17) is 0 Å². The van der Waals surface area contributed by atoms with Crippen molar-refractivity contribution in [2.45, 2.75) is 26.7 Å². The van der Waals surface area contributed by atoms with Gasteiger partial charge < -0.3 is 0 Å². The predicted octanol–water partition coefficient (Wildman–Crippen LogP) is 5.22. The Kier molecular flexibility index (Phi) is 4.12. The summed E-state index contributed by atoms with van der Waals surface area (Å²) in [5, 5.41) is 7.47. The van der Waals surface area contributed by atoms with Crippen LogP contribution in [0, 0.1) is 13.8 Å². The lowest BCUT2D eigenvalue weighted by molar-refractivity contribution is 0.850. The maximum atomic E-state index is 4.03. The Bertz CT molecular complexity index is 1230. The Morgan fingerprint density at radius 2 is 1.19 bits per heavy atom. The van der Waals surface area contributed by atoms with Crippen LogP contribution in [0.15, 0.2) is 60.7 Å². The number of hydrogen-bond acceptors (Lipinski definition) is 0. The standard InChI is InChI=1S/2C13H12/c1-9-8-10-6-7-12(10)13-5-3-2-4-11(9)13;1-9-8-10(2)12-6-4-5-7-13(12)11(9)3/h2-5,8H,6-7H2,1H3;4-8H,1,3H2,2H3. The molecular weight excluding hydrogens is 312 g/mol. The van der Waals surface area contributed by atoms with Crippen LogP contribution in [-0.4, -0.2) is 0 Å². The molecule has 0 fully saturated rings. The fourth-order valence-electron chi connectivity index (χ4n) is 3.98. The van der Waals surface area contributed by atoms with E-state index in [1.54, 1.807) is 11.1 Å². The van der Waals surface area contributed by atoms with Gasteiger partial charge in [-0.05, 0) is 80.9 Å². The average molecular weight is 336 g/mol. The van der Waals surface area contributed by atoms with Gasteiger partial charge in [0.1, 0.15) is 0 Å². The zero-order valence-corrected chi connectivity index (χ0v) is 15.6. The van der Waals surface area contributed by atoms with Crippen LogP contribution in [0.2, 0.25) is 0 Å². The number of benzene rings is 4. The summed E-state index contributed by atoms with van der Waals surface area (Å²) >= 11 is 0. The fraction of sp³-hybridized carbons (Fsp3) is 0.154. The molecule has 4 aromatic rings. The van der Waals surface area contributed by atoms with Crippen LogP contribution < -0.4 is 10.4 Å². The molecule has 0 aliphatic heterocycles. The van der Waals surface area contributed by atoms with Crippen LogP contribution in [0.1, 0.15) is 22.3 Å². The fourth-order valence-corrected chi connectivity index (χ4v) is 3.98. The lowest BCUT2D eigenvalue weighted by Crippen LogP contribution is -2.22. The largest absolute Gasteiger partial charge is 0.0911 e. The van der Waals surface area contributed by atoms with Crippen LogP contribution >= 0.6 is 0 Å². The maximum Gasteiger partial charge on any atom is -0.0109 e. The minimum Gasteiger partial charge on any atom is -0.0911 e. The van der Waals surface area contributed by atoms with Gasteiger partial charge in [0.2, 0.25) is 0 Å². The van der Waals surface area contributed by atoms with Crippen LogP contribution in [0.4, 0.5) is 0 Å². The molecule has 0 N–H and O–H groups in total. The first-order valence-corrected chi connectivity index (χ1v) is 9.22. The van der Waals surface area contributed by atoms with Crippen molar-refractivity contribution in [2.75, 3.05) is 0 Å². The van der Waals surface area contributed by atoms with Gasteiger partial charge in [-0.3, -0.25) is 0 Å². The third kappa shape index (κ3) is 2.72. The van der Waals surface area contributed by atoms with Crippen molar-refractivity contribution in [1.29, 1.82) is 0 Å². The van der Waals surface area contributed by atoms with Crippen LogP contribution in [0.25, 0.3) is 34.7 Å². The summed E-state index contributed by atoms with van der Waals surface area (Å²) in [6.07, 6.45) is 2.55. The topological polar surface area (TPSA) is 0 Å².